The van der Waals surface area contributed by atoms with Crippen LogP contribution < -0.4 is 10.1 Å². The molecule has 0 saturated heterocycles. The first-order valence-corrected chi connectivity index (χ1v) is 5.53. The summed E-state index contributed by atoms with van der Waals surface area (Å²) in [6.07, 6.45) is -4.71. The molecule has 0 aromatic heterocycles. The van der Waals surface area contributed by atoms with E-state index in [1.54, 1.807) is 0 Å². The molecule has 0 aliphatic heterocycles. The van der Waals surface area contributed by atoms with Gasteiger partial charge in [-0.05, 0) is 18.2 Å². The molecule has 0 radical (unpaired) electrons. The van der Waals surface area contributed by atoms with Gasteiger partial charge in [-0.25, -0.2) is 4.39 Å². The first-order chi connectivity index (χ1) is 8.30. The minimum absolute atomic E-state index is 0.00859. The second-order valence-electron chi connectivity index (χ2n) is 4.10. The van der Waals surface area contributed by atoms with Crippen molar-refractivity contribution in [2.75, 3.05) is 13.2 Å². The molecule has 0 aliphatic rings. The molecule has 0 heterocycles. The number of nitrogens with one attached hydrogen (secondary N) is 1. The Kier molecular flexibility index (Phi) is 4.95. The molecule has 0 spiro atoms. The molecule has 0 aliphatic carbocycles. The molecule has 6 heteroatoms. The Balaban J connectivity index is 2.63. The molecule has 1 aromatic carbocycles. The van der Waals surface area contributed by atoms with E-state index >= 15 is 0 Å². The van der Waals surface area contributed by atoms with Crippen LogP contribution in [0.25, 0.3) is 0 Å². The fraction of sp³-hybridized carbons (Fsp3) is 0.500. The first kappa shape index (κ1) is 14.8. The SMILES string of the molecule is CC(C)NCCOc1ccc(F)c(C(F)(F)F)c1. The first-order valence-electron chi connectivity index (χ1n) is 5.53. The molecule has 0 amide bonds. The summed E-state index contributed by atoms with van der Waals surface area (Å²) in [6.45, 7) is 4.62. The van der Waals surface area contributed by atoms with E-state index in [4.69, 9.17) is 4.74 Å². The van der Waals surface area contributed by atoms with Gasteiger partial charge >= 0.3 is 6.18 Å². The maximum atomic E-state index is 13.0. The van der Waals surface area contributed by atoms with Gasteiger partial charge in [-0.3, -0.25) is 0 Å². The van der Waals surface area contributed by atoms with Crippen LogP contribution in [0, 0.1) is 5.82 Å². The zero-order valence-corrected chi connectivity index (χ0v) is 10.1. The monoisotopic (exact) mass is 265 g/mol. The van der Waals surface area contributed by atoms with Crippen LogP contribution in [0.5, 0.6) is 5.75 Å². The fourth-order valence-electron chi connectivity index (χ4n) is 1.33. The van der Waals surface area contributed by atoms with Crippen molar-refractivity contribution in [3.63, 3.8) is 0 Å². The van der Waals surface area contributed by atoms with Crippen LogP contribution >= 0.6 is 0 Å². The Morgan fingerprint density at radius 3 is 2.50 bits per heavy atom. The van der Waals surface area contributed by atoms with Gasteiger partial charge < -0.3 is 10.1 Å². The normalized spacial score (nSPS) is 11.9. The summed E-state index contributed by atoms with van der Waals surface area (Å²) < 4.78 is 55.3. The van der Waals surface area contributed by atoms with E-state index in [-0.39, 0.29) is 18.4 Å². The summed E-state index contributed by atoms with van der Waals surface area (Å²) in [6, 6.07) is 2.88. The molecular weight excluding hydrogens is 250 g/mol. The molecule has 1 aromatic rings. The lowest BCUT2D eigenvalue weighted by atomic mass is 10.2. The highest BCUT2D eigenvalue weighted by atomic mass is 19.4. The molecule has 0 fully saturated rings. The Hall–Kier alpha value is -1.30. The highest BCUT2D eigenvalue weighted by Crippen LogP contribution is 2.33. The lowest BCUT2D eigenvalue weighted by molar-refractivity contribution is -0.140. The molecule has 18 heavy (non-hydrogen) atoms. The van der Waals surface area contributed by atoms with E-state index in [9.17, 15) is 17.6 Å². The van der Waals surface area contributed by atoms with E-state index < -0.39 is 17.6 Å². The molecule has 0 unspecified atom stereocenters. The molecule has 102 valence electrons. The van der Waals surface area contributed by atoms with E-state index in [0.29, 0.717) is 12.6 Å². The van der Waals surface area contributed by atoms with Crippen LogP contribution in [0.1, 0.15) is 19.4 Å². The van der Waals surface area contributed by atoms with Crippen LogP contribution in [0.15, 0.2) is 18.2 Å². The van der Waals surface area contributed by atoms with Gasteiger partial charge in [0.2, 0.25) is 0 Å². The van der Waals surface area contributed by atoms with Crippen molar-refractivity contribution in [2.45, 2.75) is 26.1 Å². The Morgan fingerprint density at radius 2 is 1.94 bits per heavy atom. The molecule has 0 atom stereocenters. The van der Waals surface area contributed by atoms with E-state index in [2.05, 4.69) is 5.32 Å². The fourth-order valence-corrected chi connectivity index (χ4v) is 1.33. The minimum atomic E-state index is -4.71. The zero-order chi connectivity index (χ0) is 13.8. The average Bonchev–Trinajstić information content (AvgIpc) is 2.24. The number of halogens is 4. The van der Waals surface area contributed by atoms with Crippen molar-refractivity contribution < 1.29 is 22.3 Å². The van der Waals surface area contributed by atoms with Gasteiger partial charge in [0.1, 0.15) is 18.2 Å². The smallest absolute Gasteiger partial charge is 0.419 e. The van der Waals surface area contributed by atoms with Crippen molar-refractivity contribution in [1.29, 1.82) is 0 Å². The van der Waals surface area contributed by atoms with Gasteiger partial charge in [0.25, 0.3) is 0 Å². The number of hydrogen-bond donors (Lipinski definition) is 1. The van der Waals surface area contributed by atoms with Gasteiger partial charge in [-0.1, -0.05) is 13.8 Å². The Labute approximate surface area is 103 Å². The molecule has 0 bridgehead atoms. The quantitative estimate of drug-likeness (QED) is 0.652. The average molecular weight is 265 g/mol. The largest absolute Gasteiger partial charge is 0.492 e. The maximum Gasteiger partial charge on any atom is 0.419 e. The minimum Gasteiger partial charge on any atom is -0.492 e. The number of rotatable bonds is 5. The summed E-state index contributed by atoms with van der Waals surface area (Å²) in [7, 11) is 0. The lowest BCUT2D eigenvalue weighted by Gasteiger charge is -2.12. The van der Waals surface area contributed by atoms with Crippen molar-refractivity contribution in [3.05, 3.63) is 29.6 Å². The second kappa shape index (κ2) is 6.04. The van der Waals surface area contributed by atoms with Gasteiger partial charge in [0.05, 0.1) is 5.56 Å². The van der Waals surface area contributed by atoms with Gasteiger partial charge in [0, 0.05) is 12.6 Å². The van der Waals surface area contributed by atoms with Crippen LogP contribution in [-0.2, 0) is 6.18 Å². The summed E-state index contributed by atoms with van der Waals surface area (Å²) in [4.78, 5) is 0. The van der Waals surface area contributed by atoms with E-state index in [1.165, 1.54) is 6.07 Å². The topological polar surface area (TPSA) is 21.3 Å². The van der Waals surface area contributed by atoms with Gasteiger partial charge in [-0.15, -0.1) is 0 Å². The third-order valence-corrected chi connectivity index (χ3v) is 2.17. The molecule has 1 rings (SSSR count). The van der Waals surface area contributed by atoms with Crippen molar-refractivity contribution >= 4 is 0 Å². The zero-order valence-electron chi connectivity index (χ0n) is 10.1. The molecular formula is C12H15F4NO. The highest BCUT2D eigenvalue weighted by molar-refractivity contribution is 5.31. The predicted octanol–water partition coefficient (Wildman–Crippen LogP) is 3.22. The van der Waals surface area contributed by atoms with Crippen LogP contribution in [0.4, 0.5) is 17.6 Å². The highest BCUT2D eigenvalue weighted by Gasteiger charge is 2.34. The van der Waals surface area contributed by atoms with Crippen LogP contribution in [0.3, 0.4) is 0 Å². The summed E-state index contributed by atoms with van der Waals surface area (Å²) in [5.74, 6) is -1.29. The summed E-state index contributed by atoms with van der Waals surface area (Å²) in [5, 5.41) is 3.05. The van der Waals surface area contributed by atoms with E-state index in [1.807, 2.05) is 13.8 Å². The lowest BCUT2D eigenvalue weighted by Crippen LogP contribution is -2.27. The number of benzene rings is 1. The maximum absolute atomic E-state index is 13.0. The second-order valence-corrected chi connectivity index (χ2v) is 4.10. The van der Waals surface area contributed by atoms with Crippen molar-refractivity contribution in [2.24, 2.45) is 0 Å². The predicted molar refractivity (Wildman–Crippen MR) is 60.0 cm³/mol. The third-order valence-electron chi connectivity index (χ3n) is 2.17. The molecule has 1 N–H and O–H groups in total. The molecule has 2 nitrogen and oxygen atoms in total. The summed E-state index contributed by atoms with van der Waals surface area (Å²) in [5.41, 5.74) is -1.31. The Bertz CT molecular complexity index is 390. The number of ether oxygens (including phenoxy) is 1. The van der Waals surface area contributed by atoms with Crippen LogP contribution in [0.2, 0.25) is 0 Å². The van der Waals surface area contributed by atoms with Gasteiger partial charge in [0.15, 0.2) is 0 Å². The number of hydrogen-bond acceptors (Lipinski definition) is 2. The standard InChI is InChI=1S/C12H15F4NO/c1-8(2)17-5-6-18-9-3-4-11(13)10(7-9)12(14,15)16/h3-4,7-8,17H,5-6H2,1-2H3. The van der Waals surface area contributed by atoms with Gasteiger partial charge in [-0.2, -0.15) is 13.2 Å². The number of alkyl halides is 3. The van der Waals surface area contributed by atoms with E-state index in [0.717, 1.165) is 6.07 Å². The van der Waals surface area contributed by atoms with Crippen LogP contribution in [-0.4, -0.2) is 19.2 Å². The van der Waals surface area contributed by atoms with Crippen molar-refractivity contribution in [1.82, 2.24) is 5.32 Å². The van der Waals surface area contributed by atoms with Crippen molar-refractivity contribution in [3.8, 4) is 5.75 Å². The summed E-state index contributed by atoms with van der Waals surface area (Å²) >= 11 is 0. The molecule has 0 saturated carbocycles. The third kappa shape index (κ3) is 4.52. The Morgan fingerprint density at radius 1 is 1.28 bits per heavy atom.